The molecule has 0 unspecified atom stereocenters. The predicted octanol–water partition coefficient (Wildman–Crippen LogP) is 2.73. The SMILES string of the molecule is O=C=NC1(c2sccc2Cl)CC1. The molecule has 0 N–H and O–H groups in total. The number of hydrogen-bond acceptors (Lipinski definition) is 3. The number of halogens is 1. The first kappa shape index (κ1) is 7.99. The molecule has 0 spiro atoms. The Morgan fingerprint density at radius 1 is 1.67 bits per heavy atom. The first-order valence-electron chi connectivity index (χ1n) is 3.61. The van der Waals surface area contributed by atoms with E-state index < -0.39 is 0 Å². The molecule has 12 heavy (non-hydrogen) atoms. The molecule has 0 aliphatic heterocycles. The third-order valence-electron chi connectivity index (χ3n) is 2.02. The molecule has 1 aliphatic rings. The van der Waals surface area contributed by atoms with Crippen LogP contribution in [0.15, 0.2) is 16.4 Å². The number of carbonyl (C=O) groups excluding carboxylic acids is 1. The number of hydrogen-bond donors (Lipinski definition) is 0. The van der Waals surface area contributed by atoms with E-state index in [1.165, 1.54) is 0 Å². The fourth-order valence-corrected chi connectivity index (χ4v) is 2.66. The van der Waals surface area contributed by atoms with Crippen LogP contribution >= 0.6 is 22.9 Å². The van der Waals surface area contributed by atoms with Gasteiger partial charge < -0.3 is 0 Å². The van der Waals surface area contributed by atoms with Gasteiger partial charge >= 0.3 is 0 Å². The smallest absolute Gasteiger partial charge is 0.211 e. The minimum Gasteiger partial charge on any atom is -0.211 e. The molecule has 4 heteroatoms. The van der Waals surface area contributed by atoms with Crippen LogP contribution in [0.4, 0.5) is 0 Å². The predicted molar refractivity (Wildman–Crippen MR) is 48.4 cm³/mol. The van der Waals surface area contributed by atoms with Crippen molar-refractivity contribution < 1.29 is 4.79 Å². The Morgan fingerprint density at radius 2 is 2.42 bits per heavy atom. The van der Waals surface area contributed by atoms with Crippen molar-refractivity contribution in [1.29, 1.82) is 0 Å². The Morgan fingerprint density at radius 3 is 2.83 bits per heavy atom. The Labute approximate surface area is 78.9 Å². The summed E-state index contributed by atoms with van der Waals surface area (Å²) in [7, 11) is 0. The van der Waals surface area contributed by atoms with Crippen LogP contribution in [-0.4, -0.2) is 6.08 Å². The van der Waals surface area contributed by atoms with Gasteiger partial charge in [0.25, 0.3) is 0 Å². The van der Waals surface area contributed by atoms with Crippen molar-refractivity contribution in [3.63, 3.8) is 0 Å². The van der Waals surface area contributed by atoms with Crippen molar-refractivity contribution in [3.05, 3.63) is 21.3 Å². The van der Waals surface area contributed by atoms with E-state index in [-0.39, 0.29) is 5.54 Å². The first-order valence-corrected chi connectivity index (χ1v) is 4.87. The second-order valence-corrected chi connectivity index (χ2v) is 4.16. The molecule has 62 valence electrons. The summed E-state index contributed by atoms with van der Waals surface area (Å²) in [6, 6.07) is 1.84. The van der Waals surface area contributed by atoms with Gasteiger partial charge in [-0.1, -0.05) is 11.6 Å². The molecule has 1 fully saturated rings. The Hall–Kier alpha value is -0.630. The quantitative estimate of drug-likeness (QED) is 0.532. The van der Waals surface area contributed by atoms with Crippen LogP contribution in [0, 0.1) is 0 Å². The van der Waals surface area contributed by atoms with Crippen LogP contribution in [0.2, 0.25) is 5.02 Å². The van der Waals surface area contributed by atoms with E-state index in [2.05, 4.69) is 4.99 Å². The van der Waals surface area contributed by atoms with Crippen molar-refractivity contribution in [2.75, 3.05) is 0 Å². The maximum atomic E-state index is 10.1. The largest absolute Gasteiger partial charge is 0.235 e. The Bertz CT molecular complexity index is 350. The van der Waals surface area contributed by atoms with Crippen LogP contribution in [0.1, 0.15) is 17.7 Å². The van der Waals surface area contributed by atoms with Gasteiger partial charge in [0, 0.05) is 0 Å². The number of isocyanates is 1. The van der Waals surface area contributed by atoms with E-state index in [1.807, 2.05) is 11.4 Å². The maximum Gasteiger partial charge on any atom is 0.235 e. The molecule has 1 aliphatic carbocycles. The third kappa shape index (κ3) is 1.11. The van der Waals surface area contributed by atoms with Crippen LogP contribution in [0.5, 0.6) is 0 Å². The highest BCUT2D eigenvalue weighted by molar-refractivity contribution is 7.10. The minimum atomic E-state index is -0.299. The number of nitrogens with zero attached hydrogens (tertiary/aromatic N) is 1. The van der Waals surface area contributed by atoms with Gasteiger partial charge in [0.1, 0.15) is 5.54 Å². The molecule has 1 aromatic heterocycles. The van der Waals surface area contributed by atoms with Gasteiger partial charge in [0.05, 0.1) is 9.90 Å². The van der Waals surface area contributed by atoms with Gasteiger partial charge in [0.15, 0.2) is 0 Å². The monoisotopic (exact) mass is 199 g/mol. The molecule has 2 nitrogen and oxygen atoms in total. The lowest BCUT2D eigenvalue weighted by atomic mass is 10.2. The molecular weight excluding hydrogens is 194 g/mol. The van der Waals surface area contributed by atoms with E-state index in [1.54, 1.807) is 17.4 Å². The summed E-state index contributed by atoms with van der Waals surface area (Å²) in [5, 5.41) is 2.63. The normalized spacial score (nSPS) is 18.4. The zero-order valence-corrected chi connectivity index (χ0v) is 7.78. The molecule has 0 atom stereocenters. The highest BCUT2D eigenvalue weighted by Crippen LogP contribution is 2.53. The lowest BCUT2D eigenvalue weighted by Crippen LogP contribution is -1.98. The molecule has 0 radical (unpaired) electrons. The van der Waals surface area contributed by atoms with Crippen LogP contribution in [0.25, 0.3) is 0 Å². The standard InChI is InChI=1S/C8H6ClNOS/c9-6-1-4-12-7(6)8(2-3-8)10-5-11/h1,4H,2-3H2. The van der Waals surface area contributed by atoms with Crippen LogP contribution < -0.4 is 0 Å². The molecule has 0 saturated heterocycles. The van der Waals surface area contributed by atoms with Gasteiger partial charge in [-0.2, -0.15) is 4.99 Å². The fraction of sp³-hybridized carbons (Fsp3) is 0.375. The molecule has 0 bridgehead atoms. The molecule has 0 amide bonds. The van der Waals surface area contributed by atoms with Gasteiger partial charge in [-0.05, 0) is 24.3 Å². The first-order chi connectivity index (χ1) is 5.78. The highest BCUT2D eigenvalue weighted by atomic mass is 35.5. The number of thiophene rings is 1. The van der Waals surface area contributed by atoms with Crippen LogP contribution in [0.3, 0.4) is 0 Å². The maximum absolute atomic E-state index is 10.1. The van der Waals surface area contributed by atoms with Gasteiger partial charge in [-0.25, -0.2) is 4.79 Å². The van der Waals surface area contributed by atoms with Gasteiger partial charge in [0.2, 0.25) is 6.08 Å². The Kier molecular flexibility index (Phi) is 1.80. The van der Waals surface area contributed by atoms with Crippen molar-refractivity contribution in [3.8, 4) is 0 Å². The summed E-state index contributed by atoms with van der Waals surface area (Å²) >= 11 is 7.48. The summed E-state index contributed by atoms with van der Waals surface area (Å²) in [4.78, 5) is 14.9. The van der Waals surface area contributed by atoms with Crippen LogP contribution in [-0.2, 0) is 10.3 Å². The van der Waals surface area contributed by atoms with Crippen molar-refractivity contribution in [2.45, 2.75) is 18.4 Å². The topological polar surface area (TPSA) is 29.4 Å². The average Bonchev–Trinajstić information content (AvgIpc) is 2.68. The second kappa shape index (κ2) is 2.70. The minimum absolute atomic E-state index is 0.299. The van der Waals surface area contributed by atoms with E-state index in [0.29, 0.717) is 0 Å². The van der Waals surface area contributed by atoms with E-state index in [4.69, 9.17) is 11.6 Å². The zero-order chi connectivity index (χ0) is 8.60. The van der Waals surface area contributed by atoms with Gasteiger partial charge in [-0.3, -0.25) is 0 Å². The summed E-state index contributed by atoms with van der Waals surface area (Å²) < 4.78 is 0. The number of aliphatic imine (C=N–C) groups is 1. The number of rotatable bonds is 2. The van der Waals surface area contributed by atoms with Gasteiger partial charge in [-0.15, -0.1) is 11.3 Å². The van der Waals surface area contributed by atoms with Crippen molar-refractivity contribution >= 4 is 29.0 Å². The molecule has 1 aromatic rings. The molecule has 0 aromatic carbocycles. The second-order valence-electron chi connectivity index (χ2n) is 2.83. The van der Waals surface area contributed by atoms with E-state index >= 15 is 0 Å². The third-order valence-corrected chi connectivity index (χ3v) is 3.56. The molecule has 1 heterocycles. The summed E-state index contributed by atoms with van der Waals surface area (Å²) in [5.74, 6) is 0. The summed E-state index contributed by atoms with van der Waals surface area (Å²) in [6.07, 6.45) is 3.45. The molecular formula is C8H6ClNOS. The molecule has 1 saturated carbocycles. The average molecular weight is 200 g/mol. The van der Waals surface area contributed by atoms with E-state index in [0.717, 1.165) is 22.7 Å². The van der Waals surface area contributed by atoms with E-state index in [9.17, 15) is 4.79 Å². The summed E-state index contributed by atoms with van der Waals surface area (Å²) in [5.41, 5.74) is -0.299. The highest BCUT2D eigenvalue weighted by Gasteiger charge is 2.47. The Balaban J connectivity index is 2.42. The molecule has 2 rings (SSSR count). The lowest BCUT2D eigenvalue weighted by Gasteiger charge is -2.03. The van der Waals surface area contributed by atoms with Crippen molar-refractivity contribution in [1.82, 2.24) is 0 Å². The fourth-order valence-electron chi connectivity index (χ4n) is 1.22. The zero-order valence-electron chi connectivity index (χ0n) is 6.21. The summed E-state index contributed by atoms with van der Waals surface area (Å²) in [6.45, 7) is 0. The van der Waals surface area contributed by atoms with Crippen molar-refractivity contribution in [2.24, 2.45) is 4.99 Å². The lowest BCUT2D eigenvalue weighted by molar-refractivity contribution is 0.557.